The summed E-state index contributed by atoms with van der Waals surface area (Å²) in [5, 5.41) is 0.687. The molecule has 0 amide bonds. The van der Waals surface area contributed by atoms with Crippen LogP contribution in [0.5, 0.6) is 5.75 Å². The highest BCUT2D eigenvalue weighted by Gasteiger charge is 2.20. The third-order valence-electron chi connectivity index (χ3n) is 4.87. The Balaban J connectivity index is 1.78. The van der Waals surface area contributed by atoms with Gasteiger partial charge in [0.1, 0.15) is 30.0 Å². The SMILES string of the molecule is CS(C)(=O)=Nc1cc(SCF)c2c(Cc3ccc(F)cc3O[C@H]3CCOC3)ncnc2c1. The van der Waals surface area contributed by atoms with Gasteiger partial charge in [0, 0.05) is 57.0 Å². The van der Waals surface area contributed by atoms with E-state index < -0.39 is 21.6 Å². The van der Waals surface area contributed by atoms with E-state index in [1.165, 1.54) is 31.0 Å². The van der Waals surface area contributed by atoms with Crippen LogP contribution < -0.4 is 4.74 Å². The molecule has 0 N–H and O–H groups in total. The Morgan fingerprint density at radius 2 is 2.12 bits per heavy atom. The van der Waals surface area contributed by atoms with Crippen molar-refractivity contribution in [3.63, 3.8) is 0 Å². The second-order valence-electron chi connectivity index (χ2n) is 7.72. The van der Waals surface area contributed by atoms with E-state index >= 15 is 0 Å². The zero-order chi connectivity index (χ0) is 22.7. The van der Waals surface area contributed by atoms with Gasteiger partial charge in [-0.15, -0.1) is 0 Å². The molecule has 1 aliphatic rings. The van der Waals surface area contributed by atoms with Gasteiger partial charge in [-0.3, -0.25) is 0 Å². The van der Waals surface area contributed by atoms with Gasteiger partial charge in [-0.2, -0.15) is 4.36 Å². The van der Waals surface area contributed by atoms with Crippen molar-refractivity contribution in [1.82, 2.24) is 9.97 Å². The maximum atomic E-state index is 13.9. The van der Waals surface area contributed by atoms with E-state index in [0.717, 1.165) is 23.7 Å². The van der Waals surface area contributed by atoms with Gasteiger partial charge in [0.2, 0.25) is 0 Å². The highest BCUT2D eigenvalue weighted by molar-refractivity contribution is 7.99. The number of hydrogen-bond donors (Lipinski definition) is 0. The van der Waals surface area contributed by atoms with Crippen LogP contribution in [0.3, 0.4) is 0 Å². The van der Waals surface area contributed by atoms with Gasteiger partial charge in [-0.1, -0.05) is 17.8 Å². The van der Waals surface area contributed by atoms with Crippen molar-refractivity contribution in [2.75, 3.05) is 31.7 Å². The Hall–Kier alpha value is -2.30. The lowest BCUT2D eigenvalue weighted by Gasteiger charge is -2.17. The number of halogens is 2. The molecule has 6 nitrogen and oxygen atoms in total. The predicted octanol–water partition coefficient (Wildman–Crippen LogP) is 4.91. The first-order valence-corrected chi connectivity index (χ1v) is 13.3. The molecule has 4 rings (SSSR count). The molecular weight excluding hydrogens is 456 g/mol. The first-order chi connectivity index (χ1) is 15.3. The fraction of sp³-hybridized carbons (Fsp3) is 0.364. The van der Waals surface area contributed by atoms with E-state index in [2.05, 4.69) is 14.3 Å². The minimum Gasteiger partial charge on any atom is -0.488 e. The van der Waals surface area contributed by atoms with Crippen LogP contribution in [0.15, 0.2) is 45.9 Å². The quantitative estimate of drug-likeness (QED) is 0.449. The third kappa shape index (κ3) is 5.54. The van der Waals surface area contributed by atoms with Gasteiger partial charge in [-0.25, -0.2) is 23.0 Å². The Bertz CT molecular complexity index is 1250. The van der Waals surface area contributed by atoms with Crippen molar-refractivity contribution in [1.29, 1.82) is 0 Å². The molecule has 1 saturated heterocycles. The first kappa shape index (κ1) is 22.9. The summed E-state index contributed by atoms with van der Waals surface area (Å²) in [6.45, 7) is 1.08. The van der Waals surface area contributed by atoms with E-state index in [1.54, 1.807) is 18.2 Å². The first-order valence-electron chi connectivity index (χ1n) is 9.99. The molecular formula is C22H23F2N3O3S2. The lowest BCUT2D eigenvalue weighted by molar-refractivity contribution is 0.140. The molecule has 0 unspecified atom stereocenters. The van der Waals surface area contributed by atoms with Gasteiger partial charge in [0.25, 0.3) is 0 Å². The Morgan fingerprint density at radius 3 is 2.84 bits per heavy atom. The topological polar surface area (TPSA) is 73.7 Å². The largest absolute Gasteiger partial charge is 0.488 e. The molecule has 170 valence electrons. The number of benzene rings is 2. The highest BCUT2D eigenvalue weighted by atomic mass is 32.2. The second kappa shape index (κ2) is 9.68. The van der Waals surface area contributed by atoms with E-state index in [9.17, 15) is 13.0 Å². The molecule has 0 saturated carbocycles. The summed E-state index contributed by atoms with van der Waals surface area (Å²) < 4.78 is 55.0. The number of nitrogens with zero attached hydrogens (tertiary/aromatic N) is 3. The standard InChI is InChI=1S/C22H23F2N3O3S2/c1-32(2,28)27-16-9-19-22(21(10-16)31-12-23)18(25-13-26-19)7-14-3-4-15(24)8-20(14)30-17-5-6-29-11-17/h3-4,8-10,13,17H,5-7,11-12H2,1-2H3/t17-/m0/s1. The van der Waals surface area contributed by atoms with Crippen molar-refractivity contribution in [3.8, 4) is 5.75 Å². The number of hydrogen-bond acceptors (Lipinski definition) is 7. The molecule has 1 aliphatic heterocycles. The molecule has 2 aromatic carbocycles. The number of fused-ring (bicyclic) bond motifs is 1. The number of thioether (sulfide) groups is 1. The number of rotatable bonds is 7. The van der Waals surface area contributed by atoms with Gasteiger partial charge in [-0.05, 0) is 18.2 Å². The van der Waals surface area contributed by atoms with E-state index in [-0.39, 0.29) is 6.10 Å². The minimum atomic E-state index is -2.39. The Labute approximate surface area is 189 Å². The summed E-state index contributed by atoms with van der Waals surface area (Å²) in [5.41, 5.74) is 2.46. The summed E-state index contributed by atoms with van der Waals surface area (Å²) in [4.78, 5) is 9.37. The van der Waals surface area contributed by atoms with Crippen molar-refractivity contribution >= 4 is 38.1 Å². The molecule has 3 aromatic rings. The number of ether oxygens (including phenoxy) is 2. The van der Waals surface area contributed by atoms with Gasteiger partial charge in [0.15, 0.2) is 0 Å². The van der Waals surface area contributed by atoms with Crippen LogP contribution in [0, 0.1) is 5.82 Å². The fourth-order valence-corrected chi connectivity index (χ4v) is 4.87. The van der Waals surface area contributed by atoms with Crippen LogP contribution in [-0.2, 0) is 20.9 Å². The summed E-state index contributed by atoms with van der Waals surface area (Å²) in [6, 6.07) is 7.18. The van der Waals surface area contributed by atoms with Crippen LogP contribution in [0.1, 0.15) is 17.7 Å². The van der Waals surface area contributed by atoms with Crippen molar-refractivity contribution in [2.24, 2.45) is 4.36 Å². The molecule has 0 spiro atoms. The smallest absolute Gasteiger partial charge is 0.139 e. The third-order valence-corrected chi connectivity index (χ3v) is 6.26. The highest BCUT2D eigenvalue weighted by Crippen LogP contribution is 2.35. The molecule has 32 heavy (non-hydrogen) atoms. The van der Waals surface area contributed by atoms with Crippen LogP contribution in [-0.4, -0.2) is 52.0 Å². The van der Waals surface area contributed by atoms with Crippen LogP contribution >= 0.6 is 11.8 Å². The normalized spacial score (nSPS) is 16.4. The summed E-state index contributed by atoms with van der Waals surface area (Å²) in [5.74, 6) is 0.0492. The number of aromatic nitrogens is 2. The van der Waals surface area contributed by atoms with Gasteiger partial charge in [0.05, 0.1) is 30.1 Å². The average molecular weight is 480 g/mol. The zero-order valence-corrected chi connectivity index (χ0v) is 19.3. The van der Waals surface area contributed by atoms with Crippen LogP contribution in [0.25, 0.3) is 10.9 Å². The van der Waals surface area contributed by atoms with Crippen LogP contribution in [0.2, 0.25) is 0 Å². The lowest BCUT2D eigenvalue weighted by Crippen LogP contribution is -2.17. The summed E-state index contributed by atoms with van der Waals surface area (Å²) >= 11 is 0.995. The van der Waals surface area contributed by atoms with Gasteiger partial charge < -0.3 is 9.47 Å². The number of alkyl halides is 1. The molecule has 1 fully saturated rings. The monoisotopic (exact) mass is 479 g/mol. The Morgan fingerprint density at radius 1 is 1.28 bits per heavy atom. The van der Waals surface area contributed by atoms with E-state index in [4.69, 9.17) is 9.47 Å². The zero-order valence-electron chi connectivity index (χ0n) is 17.7. The molecule has 10 heteroatoms. The molecule has 0 radical (unpaired) electrons. The molecule has 2 heterocycles. The van der Waals surface area contributed by atoms with E-state index in [0.29, 0.717) is 52.6 Å². The van der Waals surface area contributed by atoms with Crippen LogP contribution in [0.4, 0.5) is 14.5 Å². The Kier molecular flexibility index (Phi) is 6.92. The minimum absolute atomic E-state index is 0.127. The molecule has 1 aromatic heterocycles. The molecule has 0 aliphatic carbocycles. The molecule has 1 atom stereocenters. The van der Waals surface area contributed by atoms with Crippen molar-refractivity contribution in [3.05, 3.63) is 53.7 Å². The van der Waals surface area contributed by atoms with Crippen molar-refractivity contribution in [2.45, 2.75) is 23.8 Å². The van der Waals surface area contributed by atoms with Crippen molar-refractivity contribution < 1.29 is 22.5 Å². The predicted molar refractivity (Wildman–Crippen MR) is 123 cm³/mol. The summed E-state index contributed by atoms with van der Waals surface area (Å²) in [6.07, 6.45) is 5.46. The second-order valence-corrected chi connectivity index (χ2v) is 11.2. The maximum Gasteiger partial charge on any atom is 0.139 e. The summed E-state index contributed by atoms with van der Waals surface area (Å²) in [7, 11) is -2.39. The average Bonchev–Trinajstić information content (AvgIpc) is 3.22. The maximum absolute atomic E-state index is 13.9. The molecule has 0 bridgehead atoms. The fourth-order valence-electron chi connectivity index (χ4n) is 3.57. The van der Waals surface area contributed by atoms with E-state index in [1.807, 2.05) is 0 Å². The van der Waals surface area contributed by atoms with Gasteiger partial charge >= 0.3 is 0 Å². The lowest BCUT2D eigenvalue weighted by atomic mass is 10.0.